The Balaban J connectivity index is 1.64. The summed E-state index contributed by atoms with van der Waals surface area (Å²) in [5, 5.41) is 16.0. The first-order valence-corrected chi connectivity index (χ1v) is 9.87. The van der Waals surface area contributed by atoms with Gasteiger partial charge < -0.3 is 15.7 Å². The summed E-state index contributed by atoms with van der Waals surface area (Å²) in [7, 11) is 0. The van der Waals surface area contributed by atoms with Gasteiger partial charge in [-0.15, -0.1) is 11.3 Å². The number of aromatic nitrogens is 2. The monoisotopic (exact) mass is 398 g/mol. The molecule has 28 heavy (non-hydrogen) atoms. The molecule has 0 aliphatic rings. The number of carbonyl (C=O) groups excluding carboxylic acids is 1. The van der Waals surface area contributed by atoms with Gasteiger partial charge in [-0.05, 0) is 37.1 Å². The molecule has 0 radical (unpaired) electrons. The zero-order chi connectivity index (χ0) is 20.1. The van der Waals surface area contributed by atoms with Crippen molar-refractivity contribution < 1.29 is 14.7 Å². The Morgan fingerprint density at radius 1 is 1.21 bits per heavy atom. The molecule has 7 nitrogen and oxygen atoms in total. The van der Waals surface area contributed by atoms with Crippen molar-refractivity contribution in [2.75, 3.05) is 5.32 Å². The van der Waals surface area contributed by atoms with Crippen LogP contribution in [0, 0.1) is 6.92 Å². The van der Waals surface area contributed by atoms with Crippen LogP contribution in [0.2, 0.25) is 0 Å². The third-order valence-corrected chi connectivity index (χ3v) is 5.27. The number of fused-ring (bicyclic) bond motifs is 1. The first-order valence-electron chi connectivity index (χ1n) is 9.05. The van der Waals surface area contributed by atoms with Crippen molar-refractivity contribution in [1.82, 2.24) is 15.3 Å². The molecular weight excluding hydrogens is 376 g/mol. The average Bonchev–Trinajstić information content (AvgIpc) is 3.07. The van der Waals surface area contributed by atoms with Crippen LogP contribution in [0.25, 0.3) is 10.2 Å². The third-order valence-electron chi connectivity index (χ3n) is 4.31. The average molecular weight is 398 g/mol. The second kappa shape index (κ2) is 8.79. The van der Waals surface area contributed by atoms with Crippen molar-refractivity contribution in [2.45, 2.75) is 39.3 Å². The third kappa shape index (κ3) is 4.64. The SMILES string of the molecule is CCCC(NC(=O)c1ccc(CNc2ncnc3sc(C)cc23)cc1)C(=O)O. The Morgan fingerprint density at radius 3 is 2.64 bits per heavy atom. The van der Waals surface area contributed by atoms with Crippen molar-refractivity contribution in [3.8, 4) is 0 Å². The highest BCUT2D eigenvalue weighted by Gasteiger charge is 2.19. The highest BCUT2D eigenvalue weighted by atomic mass is 32.1. The molecule has 0 saturated carbocycles. The van der Waals surface area contributed by atoms with Gasteiger partial charge in [0.25, 0.3) is 5.91 Å². The number of carbonyl (C=O) groups is 2. The zero-order valence-corrected chi connectivity index (χ0v) is 16.5. The number of amides is 1. The molecule has 0 spiro atoms. The number of benzene rings is 1. The van der Waals surface area contributed by atoms with Crippen LogP contribution in [-0.2, 0) is 11.3 Å². The zero-order valence-electron chi connectivity index (χ0n) is 15.7. The van der Waals surface area contributed by atoms with E-state index in [1.165, 1.54) is 4.88 Å². The second-order valence-corrected chi connectivity index (χ2v) is 7.74. The van der Waals surface area contributed by atoms with E-state index in [2.05, 4.69) is 26.7 Å². The fourth-order valence-corrected chi connectivity index (χ4v) is 3.71. The molecule has 1 atom stereocenters. The molecule has 0 aliphatic heterocycles. The van der Waals surface area contributed by atoms with Crippen LogP contribution in [0.15, 0.2) is 36.7 Å². The van der Waals surface area contributed by atoms with Gasteiger partial charge in [-0.2, -0.15) is 0 Å². The Bertz CT molecular complexity index is 985. The first-order chi connectivity index (χ1) is 13.5. The van der Waals surface area contributed by atoms with E-state index in [4.69, 9.17) is 5.11 Å². The van der Waals surface area contributed by atoms with Gasteiger partial charge in [0, 0.05) is 17.0 Å². The van der Waals surface area contributed by atoms with Crippen molar-refractivity contribution in [3.63, 3.8) is 0 Å². The minimum absolute atomic E-state index is 0.383. The molecule has 3 rings (SSSR count). The Hall–Kier alpha value is -3.00. The smallest absolute Gasteiger partial charge is 0.326 e. The van der Waals surface area contributed by atoms with Crippen LogP contribution in [-0.4, -0.2) is 33.0 Å². The van der Waals surface area contributed by atoms with Crippen molar-refractivity contribution in [2.24, 2.45) is 0 Å². The lowest BCUT2D eigenvalue weighted by atomic mass is 10.1. The van der Waals surface area contributed by atoms with Crippen LogP contribution in [0.4, 0.5) is 5.82 Å². The molecule has 0 bridgehead atoms. The highest BCUT2D eigenvalue weighted by molar-refractivity contribution is 7.18. The van der Waals surface area contributed by atoms with E-state index in [1.54, 1.807) is 29.8 Å². The predicted molar refractivity (Wildman–Crippen MR) is 110 cm³/mol. The van der Waals surface area contributed by atoms with Crippen molar-refractivity contribution in [1.29, 1.82) is 0 Å². The molecule has 3 aromatic rings. The largest absolute Gasteiger partial charge is 0.480 e. The topological polar surface area (TPSA) is 104 Å². The van der Waals surface area contributed by atoms with Gasteiger partial charge >= 0.3 is 5.97 Å². The van der Waals surface area contributed by atoms with E-state index in [9.17, 15) is 9.59 Å². The van der Waals surface area contributed by atoms with Crippen LogP contribution in [0.5, 0.6) is 0 Å². The lowest BCUT2D eigenvalue weighted by Gasteiger charge is -2.13. The summed E-state index contributed by atoms with van der Waals surface area (Å²) in [6.07, 6.45) is 2.63. The van der Waals surface area contributed by atoms with Gasteiger partial charge in [0.05, 0.1) is 5.39 Å². The number of aryl methyl sites for hydroxylation is 1. The molecule has 0 fully saturated rings. The Labute approximate surface area is 166 Å². The number of nitrogens with one attached hydrogen (secondary N) is 2. The summed E-state index contributed by atoms with van der Waals surface area (Å²) in [5.41, 5.74) is 1.42. The van der Waals surface area contributed by atoms with Crippen LogP contribution in [0.3, 0.4) is 0 Å². The summed E-state index contributed by atoms with van der Waals surface area (Å²) in [6, 6.07) is 8.27. The molecule has 146 valence electrons. The van der Waals surface area contributed by atoms with Gasteiger partial charge in [-0.25, -0.2) is 14.8 Å². The van der Waals surface area contributed by atoms with Crippen LogP contribution < -0.4 is 10.6 Å². The van der Waals surface area contributed by atoms with Crippen LogP contribution in [0.1, 0.15) is 40.6 Å². The van der Waals surface area contributed by atoms with Gasteiger partial charge in [0.1, 0.15) is 23.0 Å². The van der Waals surface area contributed by atoms with Gasteiger partial charge in [0.2, 0.25) is 0 Å². The number of hydrogen-bond acceptors (Lipinski definition) is 6. The fraction of sp³-hybridized carbons (Fsp3) is 0.300. The molecule has 0 saturated heterocycles. The molecular formula is C20H22N4O3S. The summed E-state index contributed by atoms with van der Waals surface area (Å²) < 4.78 is 0. The minimum Gasteiger partial charge on any atom is -0.480 e. The number of rotatable bonds is 8. The molecule has 0 aliphatic carbocycles. The van der Waals surface area contributed by atoms with Crippen molar-refractivity contribution in [3.05, 3.63) is 52.7 Å². The minimum atomic E-state index is -1.02. The Kier molecular flexibility index (Phi) is 6.20. The Morgan fingerprint density at radius 2 is 1.96 bits per heavy atom. The van der Waals surface area contributed by atoms with Gasteiger partial charge in [0.15, 0.2) is 0 Å². The number of nitrogens with zero attached hydrogens (tertiary/aromatic N) is 2. The maximum Gasteiger partial charge on any atom is 0.326 e. The van der Waals surface area contributed by atoms with E-state index < -0.39 is 12.0 Å². The first kappa shape index (κ1) is 19.8. The summed E-state index contributed by atoms with van der Waals surface area (Å²) in [6.45, 7) is 4.47. The van der Waals surface area contributed by atoms with E-state index in [1.807, 2.05) is 26.0 Å². The second-order valence-electron chi connectivity index (χ2n) is 6.50. The van der Waals surface area contributed by atoms with Gasteiger partial charge in [-0.1, -0.05) is 25.5 Å². The maximum absolute atomic E-state index is 12.3. The number of anilines is 1. The standard InChI is InChI=1S/C20H22N4O3S/c1-3-4-16(20(26)27)24-18(25)14-7-5-13(6-8-14)10-21-17-15-9-12(2)28-19(15)23-11-22-17/h5-9,11,16H,3-4,10H2,1-2H3,(H,24,25)(H,26,27)(H,21,22,23). The lowest BCUT2D eigenvalue weighted by Crippen LogP contribution is -2.40. The number of hydrogen-bond donors (Lipinski definition) is 3. The molecule has 8 heteroatoms. The number of thiophene rings is 1. The highest BCUT2D eigenvalue weighted by Crippen LogP contribution is 2.27. The number of carboxylic acid groups (broad SMARTS) is 1. The molecule has 1 unspecified atom stereocenters. The van der Waals surface area contributed by atoms with Crippen molar-refractivity contribution >= 4 is 39.2 Å². The van der Waals surface area contributed by atoms with E-state index in [0.717, 1.165) is 21.6 Å². The number of carboxylic acids is 1. The quantitative estimate of drug-likeness (QED) is 0.536. The fourth-order valence-electron chi connectivity index (χ4n) is 2.86. The maximum atomic E-state index is 12.3. The summed E-state index contributed by atoms with van der Waals surface area (Å²) >= 11 is 1.63. The van der Waals surface area contributed by atoms with Gasteiger partial charge in [-0.3, -0.25) is 4.79 Å². The molecule has 3 N–H and O–H groups in total. The summed E-state index contributed by atoms with van der Waals surface area (Å²) in [4.78, 5) is 34.2. The van der Waals surface area contributed by atoms with Crippen LogP contribution >= 0.6 is 11.3 Å². The van der Waals surface area contributed by atoms with E-state index >= 15 is 0 Å². The number of aliphatic carboxylic acids is 1. The molecule has 1 amide bonds. The molecule has 1 aromatic carbocycles. The molecule has 2 heterocycles. The lowest BCUT2D eigenvalue weighted by molar-refractivity contribution is -0.139. The predicted octanol–water partition coefficient (Wildman–Crippen LogP) is 3.59. The van der Waals surface area contributed by atoms with E-state index in [0.29, 0.717) is 24.9 Å². The van der Waals surface area contributed by atoms with E-state index in [-0.39, 0.29) is 5.91 Å². The molecule has 2 aromatic heterocycles. The normalized spacial score (nSPS) is 11.9. The summed E-state index contributed by atoms with van der Waals surface area (Å²) in [5.74, 6) is -0.623.